The Morgan fingerprint density at radius 1 is 1.15 bits per heavy atom. The van der Waals surface area contributed by atoms with E-state index in [1.54, 1.807) is 24.3 Å². The molecule has 1 heterocycles. The zero-order chi connectivity index (χ0) is 18.7. The lowest BCUT2D eigenvalue weighted by Gasteiger charge is -2.13. The lowest BCUT2D eigenvalue weighted by Crippen LogP contribution is -2.22. The molecule has 0 saturated heterocycles. The maximum atomic E-state index is 12.5. The highest BCUT2D eigenvalue weighted by molar-refractivity contribution is 8.00. The van der Waals surface area contributed by atoms with Crippen molar-refractivity contribution in [1.29, 1.82) is 0 Å². The minimum Gasteiger partial charge on any atom is -0.325 e. The van der Waals surface area contributed by atoms with E-state index in [1.807, 2.05) is 49.6 Å². The van der Waals surface area contributed by atoms with Gasteiger partial charge in [-0.3, -0.25) is 9.36 Å². The Kier molecular flexibility index (Phi) is 5.64. The summed E-state index contributed by atoms with van der Waals surface area (Å²) >= 11 is 7.33. The topological polar surface area (TPSA) is 59.8 Å². The molecule has 0 fully saturated rings. The molecule has 0 saturated carbocycles. The van der Waals surface area contributed by atoms with Crippen LogP contribution in [0.2, 0.25) is 5.02 Å². The lowest BCUT2D eigenvalue weighted by atomic mass is 10.2. The van der Waals surface area contributed by atoms with Gasteiger partial charge in [0.05, 0.1) is 5.25 Å². The number of carbonyl (C=O) groups is 1. The van der Waals surface area contributed by atoms with Gasteiger partial charge in [0.2, 0.25) is 5.91 Å². The van der Waals surface area contributed by atoms with Crippen LogP contribution in [-0.2, 0) is 4.79 Å². The SMILES string of the molecule is Cc1ccc(-n2c(C)nnc2S[C@H](C)C(=O)Nc2cccc(Cl)c2)cc1. The van der Waals surface area contributed by atoms with E-state index in [0.29, 0.717) is 15.9 Å². The molecule has 0 radical (unpaired) electrons. The fraction of sp³-hybridized carbons (Fsp3) is 0.211. The summed E-state index contributed by atoms with van der Waals surface area (Å²) in [5, 5.41) is 12.2. The van der Waals surface area contributed by atoms with Crippen LogP contribution in [0.15, 0.2) is 53.7 Å². The Hall–Kier alpha value is -2.31. The summed E-state index contributed by atoms with van der Waals surface area (Å²) in [5.74, 6) is 0.659. The molecule has 0 unspecified atom stereocenters. The van der Waals surface area contributed by atoms with E-state index < -0.39 is 0 Å². The number of halogens is 1. The number of aromatic nitrogens is 3. The van der Waals surface area contributed by atoms with E-state index >= 15 is 0 Å². The number of nitrogens with one attached hydrogen (secondary N) is 1. The Labute approximate surface area is 161 Å². The number of carbonyl (C=O) groups excluding carboxylic acids is 1. The van der Waals surface area contributed by atoms with Crippen molar-refractivity contribution in [2.45, 2.75) is 31.2 Å². The lowest BCUT2D eigenvalue weighted by molar-refractivity contribution is -0.115. The monoisotopic (exact) mass is 386 g/mol. The molecule has 1 aromatic heterocycles. The summed E-state index contributed by atoms with van der Waals surface area (Å²) in [5.41, 5.74) is 2.83. The van der Waals surface area contributed by atoms with Gasteiger partial charge in [0, 0.05) is 16.4 Å². The summed E-state index contributed by atoms with van der Waals surface area (Å²) in [6.07, 6.45) is 0. The summed E-state index contributed by atoms with van der Waals surface area (Å²) in [4.78, 5) is 12.5. The molecule has 2 aromatic carbocycles. The normalized spacial score (nSPS) is 12.0. The van der Waals surface area contributed by atoms with Crippen molar-refractivity contribution in [2.75, 3.05) is 5.32 Å². The van der Waals surface area contributed by atoms with Crippen molar-refractivity contribution in [3.63, 3.8) is 0 Å². The first-order valence-electron chi connectivity index (χ1n) is 8.16. The number of amides is 1. The predicted molar refractivity (Wildman–Crippen MR) is 106 cm³/mol. The molecule has 1 N–H and O–H groups in total. The van der Waals surface area contributed by atoms with Crippen LogP contribution in [0.1, 0.15) is 18.3 Å². The van der Waals surface area contributed by atoms with Crippen LogP contribution in [0.3, 0.4) is 0 Å². The molecule has 0 bridgehead atoms. The molecule has 0 aliphatic rings. The molecular formula is C19H19ClN4OS. The maximum Gasteiger partial charge on any atom is 0.237 e. The third-order valence-electron chi connectivity index (χ3n) is 3.83. The molecule has 26 heavy (non-hydrogen) atoms. The number of aryl methyl sites for hydroxylation is 2. The second-order valence-electron chi connectivity index (χ2n) is 5.96. The van der Waals surface area contributed by atoms with Crippen molar-refractivity contribution >= 4 is 35.0 Å². The van der Waals surface area contributed by atoms with Crippen molar-refractivity contribution < 1.29 is 4.79 Å². The van der Waals surface area contributed by atoms with Crippen LogP contribution < -0.4 is 5.32 Å². The van der Waals surface area contributed by atoms with Crippen molar-refractivity contribution in [3.8, 4) is 5.69 Å². The predicted octanol–water partition coefficient (Wildman–Crippen LogP) is 4.66. The molecule has 7 heteroatoms. The van der Waals surface area contributed by atoms with Gasteiger partial charge in [0.15, 0.2) is 5.16 Å². The highest BCUT2D eigenvalue weighted by Gasteiger charge is 2.20. The van der Waals surface area contributed by atoms with Crippen LogP contribution in [0.25, 0.3) is 5.69 Å². The Morgan fingerprint density at radius 3 is 2.58 bits per heavy atom. The van der Waals surface area contributed by atoms with E-state index in [9.17, 15) is 4.79 Å². The van der Waals surface area contributed by atoms with E-state index in [-0.39, 0.29) is 11.2 Å². The number of hydrogen-bond donors (Lipinski definition) is 1. The molecule has 5 nitrogen and oxygen atoms in total. The first-order chi connectivity index (χ1) is 12.4. The Balaban J connectivity index is 1.76. The second-order valence-corrected chi connectivity index (χ2v) is 7.70. The average Bonchev–Trinajstić information content (AvgIpc) is 2.96. The molecule has 134 valence electrons. The van der Waals surface area contributed by atoms with Crippen LogP contribution in [-0.4, -0.2) is 25.9 Å². The van der Waals surface area contributed by atoms with Crippen molar-refractivity contribution in [3.05, 3.63) is 64.9 Å². The molecule has 3 rings (SSSR count). The van der Waals surface area contributed by atoms with Crippen LogP contribution in [0, 0.1) is 13.8 Å². The van der Waals surface area contributed by atoms with Crippen LogP contribution in [0.4, 0.5) is 5.69 Å². The Morgan fingerprint density at radius 2 is 1.88 bits per heavy atom. The average molecular weight is 387 g/mol. The minimum absolute atomic E-state index is 0.117. The third-order valence-corrected chi connectivity index (χ3v) is 5.11. The standard InChI is InChI=1S/C19H19ClN4OS/c1-12-7-9-17(10-8-12)24-14(3)22-23-19(24)26-13(2)18(25)21-16-6-4-5-15(20)11-16/h4-11,13H,1-3H3,(H,21,25)/t13-/m1/s1. The zero-order valence-electron chi connectivity index (χ0n) is 14.7. The largest absolute Gasteiger partial charge is 0.325 e. The van der Waals surface area contributed by atoms with Crippen molar-refractivity contribution in [1.82, 2.24) is 14.8 Å². The molecule has 1 atom stereocenters. The van der Waals surface area contributed by atoms with Crippen LogP contribution >= 0.6 is 23.4 Å². The fourth-order valence-corrected chi connectivity index (χ4v) is 3.54. The number of anilines is 1. The van der Waals surface area contributed by atoms with E-state index in [1.165, 1.54) is 17.3 Å². The first kappa shape index (κ1) is 18.5. The van der Waals surface area contributed by atoms with Gasteiger partial charge in [0.1, 0.15) is 5.82 Å². The fourth-order valence-electron chi connectivity index (χ4n) is 2.43. The number of hydrogen-bond acceptors (Lipinski definition) is 4. The quantitative estimate of drug-likeness (QED) is 0.648. The van der Waals surface area contributed by atoms with Gasteiger partial charge in [0.25, 0.3) is 0 Å². The summed E-state index contributed by atoms with van der Waals surface area (Å²) in [7, 11) is 0. The van der Waals surface area contributed by atoms with Crippen LogP contribution in [0.5, 0.6) is 0 Å². The van der Waals surface area contributed by atoms with Gasteiger partial charge < -0.3 is 5.32 Å². The molecule has 1 amide bonds. The number of benzene rings is 2. The van der Waals surface area contributed by atoms with Crippen molar-refractivity contribution in [2.24, 2.45) is 0 Å². The highest BCUT2D eigenvalue weighted by atomic mass is 35.5. The number of rotatable bonds is 5. The van der Waals surface area contributed by atoms with E-state index in [2.05, 4.69) is 15.5 Å². The second kappa shape index (κ2) is 7.93. The first-order valence-corrected chi connectivity index (χ1v) is 9.42. The van der Waals surface area contributed by atoms with Gasteiger partial charge in [-0.05, 0) is 51.1 Å². The zero-order valence-corrected chi connectivity index (χ0v) is 16.3. The summed E-state index contributed by atoms with van der Waals surface area (Å²) in [6.45, 7) is 5.78. The molecular weight excluding hydrogens is 368 g/mol. The summed E-state index contributed by atoms with van der Waals surface area (Å²) < 4.78 is 1.95. The number of nitrogens with zero attached hydrogens (tertiary/aromatic N) is 3. The smallest absolute Gasteiger partial charge is 0.237 e. The van der Waals surface area contributed by atoms with Gasteiger partial charge >= 0.3 is 0 Å². The van der Waals surface area contributed by atoms with Gasteiger partial charge in [-0.1, -0.05) is 47.1 Å². The van der Waals surface area contributed by atoms with E-state index in [0.717, 1.165) is 11.5 Å². The minimum atomic E-state index is -0.346. The van der Waals surface area contributed by atoms with Gasteiger partial charge in [-0.2, -0.15) is 0 Å². The maximum absolute atomic E-state index is 12.5. The molecule has 0 spiro atoms. The molecule has 0 aliphatic carbocycles. The highest BCUT2D eigenvalue weighted by Crippen LogP contribution is 2.26. The molecule has 3 aromatic rings. The van der Waals surface area contributed by atoms with Gasteiger partial charge in [-0.15, -0.1) is 10.2 Å². The van der Waals surface area contributed by atoms with E-state index in [4.69, 9.17) is 11.6 Å². The Bertz CT molecular complexity index is 924. The van der Waals surface area contributed by atoms with Gasteiger partial charge in [-0.25, -0.2) is 0 Å². The third kappa shape index (κ3) is 4.26. The number of thioether (sulfide) groups is 1. The summed E-state index contributed by atoms with van der Waals surface area (Å²) in [6, 6.07) is 15.2. The molecule has 0 aliphatic heterocycles.